The Hall–Kier alpha value is -1.30. The monoisotopic (exact) mass is 298 g/mol. The summed E-state index contributed by atoms with van der Waals surface area (Å²) in [5.41, 5.74) is 0. The maximum absolute atomic E-state index is 12.0. The largest absolute Gasteiger partial charge is 0.352 e. The summed E-state index contributed by atoms with van der Waals surface area (Å²) in [4.78, 5) is 26.8. The first-order valence-corrected chi connectivity index (χ1v) is 7.83. The minimum atomic E-state index is -0.108. The van der Waals surface area contributed by atoms with Gasteiger partial charge in [0.1, 0.15) is 0 Å². The number of carbonyl (C=O) groups excluding carboxylic acids is 2. The highest BCUT2D eigenvalue weighted by Crippen LogP contribution is 2.23. The zero-order valence-electron chi connectivity index (χ0n) is 13.8. The van der Waals surface area contributed by atoms with Crippen molar-refractivity contribution >= 4 is 11.9 Å². The predicted molar refractivity (Wildman–Crippen MR) is 84.1 cm³/mol. The Morgan fingerprint density at radius 2 is 1.81 bits per heavy atom. The van der Waals surface area contributed by atoms with Gasteiger partial charge in [0, 0.05) is 33.2 Å². The van der Waals surface area contributed by atoms with Crippen LogP contribution >= 0.6 is 0 Å². The Bertz CT molecular complexity index is 347. The van der Waals surface area contributed by atoms with Crippen LogP contribution in [0.3, 0.4) is 0 Å². The van der Waals surface area contributed by atoms with Crippen LogP contribution in [0.25, 0.3) is 0 Å². The lowest BCUT2D eigenvalue weighted by Crippen LogP contribution is -2.46. The van der Waals surface area contributed by atoms with E-state index < -0.39 is 0 Å². The molecule has 1 rings (SSSR count). The second-order valence-corrected chi connectivity index (χ2v) is 6.30. The summed E-state index contributed by atoms with van der Waals surface area (Å²) >= 11 is 0. The molecule has 122 valence electrons. The fraction of sp³-hybridized carbons (Fsp3) is 0.867. The number of carbonyl (C=O) groups is 2. The average Bonchev–Trinajstić information content (AvgIpc) is 2.41. The molecule has 1 saturated carbocycles. The summed E-state index contributed by atoms with van der Waals surface area (Å²) in [6.45, 7) is 3.79. The van der Waals surface area contributed by atoms with Crippen molar-refractivity contribution in [2.24, 2.45) is 5.92 Å². The van der Waals surface area contributed by atoms with E-state index in [4.69, 9.17) is 0 Å². The fourth-order valence-corrected chi connectivity index (χ4v) is 2.62. The first kappa shape index (κ1) is 17.8. The van der Waals surface area contributed by atoms with E-state index in [1.165, 1.54) is 24.2 Å². The number of nitrogens with zero attached hydrogens (tertiary/aromatic N) is 2. The van der Waals surface area contributed by atoms with E-state index >= 15 is 0 Å². The molecule has 6 heteroatoms. The molecular weight excluding hydrogens is 268 g/mol. The molecule has 0 aromatic rings. The summed E-state index contributed by atoms with van der Waals surface area (Å²) in [6, 6.07) is 0.219. The maximum atomic E-state index is 12.0. The van der Waals surface area contributed by atoms with Gasteiger partial charge < -0.3 is 15.5 Å². The molecule has 0 aromatic heterocycles. The van der Waals surface area contributed by atoms with Gasteiger partial charge in [0.15, 0.2) is 0 Å². The third-order valence-electron chi connectivity index (χ3n) is 4.05. The molecule has 0 heterocycles. The van der Waals surface area contributed by atoms with Gasteiger partial charge in [-0.15, -0.1) is 0 Å². The number of rotatable bonds is 6. The molecule has 0 spiro atoms. The van der Waals surface area contributed by atoms with E-state index in [1.54, 1.807) is 14.1 Å². The summed E-state index contributed by atoms with van der Waals surface area (Å²) in [7, 11) is 5.31. The zero-order chi connectivity index (χ0) is 15.8. The molecule has 1 fully saturated rings. The molecular formula is C15H30N4O2. The number of urea groups is 1. The normalized spacial score (nSPS) is 22.0. The molecule has 2 N–H and O–H groups in total. The Balaban J connectivity index is 2.19. The molecule has 6 nitrogen and oxygen atoms in total. The Kier molecular flexibility index (Phi) is 7.50. The van der Waals surface area contributed by atoms with Crippen LogP contribution in [-0.4, -0.2) is 68.6 Å². The summed E-state index contributed by atoms with van der Waals surface area (Å²) in [5.74, 6) is 0.655. The molecule has 0 bridgehead atoms. The maximum Gasteiger partial charge on any atom is 0.316 e. The van der Waals surface area contributed by atoms with Crippen molar-refractivity contribution in [3.63, 3.8) is 0 Å². The highest BCUT2D eigenvalue weighted by Gasteiger charge is 2.22. The Labute approximate surface area is 128 Å². The zero-order valence-corrected chi connectivity index (χ0v) is 13.8. The SMILES string of the molecule is C[C@@H]1CCCC[C@@H]1NC(=O)CN(C)CCNC(=O)N(C)C. The average molecular weight is 298 g/mol. The number of hydrogen-bond donors (Lipinski definition) is 2. The lowest BCUT2D eigenvalue weighted by molar-refractivity contribution is -0.123. The first-order valence-electron chi connectivity index (χ1n) is 7.83. The minimum Gasteiger partial charge on any atom is -0.352 e. The summed E-state index contributed by atoms with van der Waals surface area (Å²) < 4.78 is 0. The quantitative estimate of drug-likeness (QED) is 0.765. The summed E-state index contributed by atoms with van der Waals surface area (Å²) in [5, 5.41) is 5.93. The molecule has 21 heavy (non-hydrogen) atoms. The van der Waals surface area contributed by atoms with Crippen molar-refractivity contribution in [2.75, 3.05) is 40.8 Å². The van der Waals surface area contributed by atoms with Gasteiger partial charge in [-0.3, -0.25) is 9.69 Å². The molecule has 2 atom stereocenters. The van der Waals surface area contributed by atoms with Gasteiger partial charge in [-0.1, -0.05) is 19.8 Å². The van der Waals surface area contributed by atoms with Crippen LogP contribution in [0.4, 0.5) is 4.79 Å². The van der Waals surface area contributed by atoms with E-state index in [-0.39, 0.29) is 11.9 Å². The topological polar surface area (TPSA) is 64.7 Å². The first-order chi connectivity index (χ1) is 9.90. The Morgan fingerprint density at radius 1 is 1.14 bits per heavy atom. The lowest BCUT2D eigenvalue weighted by Gasteiger charge is -2.30. The molecule has 0 unspecified atom stereocenters. The van der Waals surface area contributed by atoms with Gasteiger partial charge in [0.05, 0.1) is 6.54 Å². The number of nitrogens with one attached hydrogen (secondary N) is 2. The van der Waals surface area contributed by atoms with Gasteiger partial charge >= 0.3 is 6.03 Å². The standard InChI is InChI=1S/C15H30N4O2/c1-12-7-5-6-8-13(12)17-14(20)11-19(4)10-9-16-15(21)18(2)3/h12-13H,5-11H2,1-4H3,(H,16,21)(H,17,20)/t12-,13+/m1/s1. The minimum absolute atomic E-state index is 0.0789. The lowest BCUT2D eigenvalue weighted by atomic mass is 9.86. The van der Waals surface area contributed by atoms with E-state index in [1.807, 2.05) is 11.9 Å². The fourth-order valence-electron chi connectivity index (χ4n) is 2.62. The third-order valence-corrected chi connectivity index (χ3v) is 4.05. The highest BCUT2D eigenvalue weighted by atomic mass is 16.2. The van der Waals surface area contributed by atoms with Crippen molar-refractivity contribution in [2.45, 2.75) is 38.6 Å². The molecule has 0 aliphatic heterocycles. The highest BCUT2D eigenvalue weighted by molar-refractivity contribution is 5.78. The second kappa shape index (κ2) is 8.87. The molecule has 1 aliphatic rings. The number of amides is 3. The molecule has 0 radical (unpaired) electrons. The van der Waals surface area contributed by atoms with Crippen molar-refractivity contribution in [1.29, 1.82) is 0 Å². The smallest absolute Gasteiger partial charge is 0.316 e. The number of likely N-dealkylation sites (N-methyl/N-ethyl adjacent to an activating group) is 1. The second-order valence-electron chi connectivity index (χ2n) is 6.30. The van der Waals surface area contributed by atoms with Gasteiger partial charge in [-0.05, 0) is 25.8 Å². The van der Waals surface area contributed by atoms with E-state index in [9.17, 15) is 9.59 Å². The van der Waals surface area contributed by atoms with Crippen LogP contribution in [0, 0.1) is 5.92 Å². The molecule has 1 aliphatic carbocycles. The summed E-state index contributed by atoms with van der Waals surface area (Å²) in [6.07, 6.45) is 4.79. The van der Waals surface area contributed by atoms with Crippen LogP contribution in [0.2, 0.25) is 0 Å². The molecule has 0 aromatic carbocycles. The van der Waals surface area contributed by atoms with Gasteiger partial charge in [-0.2, -0.15) is 0 Å². The van der Waals surface area contributed by atoms with Crippen molar-refractivity contribution < 1.29 is 9.59 Å². The van der Waals surface area contributed by atoms with Crippen LogP contribution in [0.1, 0.15) is 32.6 Å². The van der Waals surface area contributed by atoms with Crippen LogP contribution in [-0.2, 0) is 4.79 Å². The van der Waals surface area contributed by atoms with Gasteiger partial charge in [-0.25, -0.2) is 4.79 Å². The third kappa shape index (κ3) is 6.80. The van der Waals surface area contributed by atoms with Crippen LogP contribution < -0.4 is 10.6 Å². The van der Waals surface area contributed by atoms with Crippen molar-refractivity contribution in [3.8, 4) is 0 Å². The van der Waals surface area contributed by atoms with Gasteiger partial charge in [0.25, 0.3) is 0 Å². The van der Waals surface area contributed by atoms with E-state index in [0.29, 0.717) is 31.6 Å². The van der Waals surface area contributed by atoms with Crippen molar-refractivity contribution in [3.05, 3.63) is 0 Å². The van der Waals surface area contributed by atoms with E-state index in [0.717, 1.165) is 6.42 Å². The van der Waals surface area contributed by atoms with Crippen LogP contribution in [0.5, 0.6) is 0 Å². The molecule has 3 amide bonds. The van der Waals surface area contributed by atoms with Crippen LogP contribution in [0.15, 0.2) is 0 Å². The van der Waals surface area contributed by atoms with E-state index in [2.05, 4.69) is 17.6 Å². The predicted octanol–water partition coefficient (Wildman–Crippen LogP) is 0.884. The van der Waals surface area contributed by atoms with Crippen molar-refractivity contribution in [1.82, 2.24) is 20.4 Å². The Morgan fingerprint density at radius 3 is 2.43 bits per heavy atom. The molecule has 0 saturated heterocycles. The van der Waals surface area contributed by atoms with Gasteiger partial charge in [0.2, 0.25) is 5.91 Å². The number of hydrogen-bond acceptors (Lipinski definition) is 3.